The van der Waals surface area contributed by atoms with Gasteiger partial charge in [0.1, 0.15) is 0 Å². The van der Waals surface area contributed by atoms with Gasteiger partial charge in [0.25, 0.3) is 0 Å². The highest BCUT2D eigenvalue weighted by Gasteiger charge is 2.30. The van der Waals surface area contributed by atoms with Crippen molar-refractivity contribution in [1.29, 1.82) is 0 Å². The minimum absolute atomic E-state index is 0.185. The lowest BCUT2D eigenvalue weighted by atomic mass is 9.89. The van der Waals surface area contributed by atoms with E-state index in [1.54, 1.807) is 0 Å². The average molecular weight is 428 g/mol. The number of nitrogens with two attached hydrogens (primary N) is 1. The number of hydrogen-bond donors (Lipinski definition) is 2. The smallest absolute Gasteiger partial charge is 0.235 e. The zero-order chi connectivity index (χ0) is 22.0. The summed E-state index contributed by atoms with van der Waals surface area (Å²) in [4.78, 5) is 33.2. The fraction of sp³-hybridized carbons (Fsp3) is 0.708. The second-order valence-electron chi connectivity index (χ2n) is 9.84. The Labute approximate surface area is 185 Å². The number of pyridine rings is 1. The third-order valence-electron chi connectivity index (χ3n) is 7.57. The molecule has 0 spiro atoms. The summed E-state index contributed by atoms with van der Waals surface area (Å²) in [5.41, 5.74) is 9.17. The van der Waals surface area contributed by atoms with Crippen LogP contribution in [0.1, 0.15) is 68.5 Å². The van der Waals surface area contributed by atoms with Crippen LogP contribution in [0.2, 0.25) is 0 Å². The number of carbonyl (C=O) groups excluding carboxylic acids is 2. The summed E-state index contributed by atoms with van der Waals surface area (Å²) in [7, 11) is 2.29. The van der Waals surface area contributed by atoms with Crippen molar-refractivity contribution in [3.63, 3.8) is 0 Å². The summed E-state index contributed by atoms with van der Waals surface area (Å²) in [6, 6.07) is 3.14. The molecule has 3 heterocycles. The fourth-order valence-electron chi connectivity index (χ4n) is 5.52. The molecule has 0 bridgehead atoms. The molecule has 170 valence electrons. The van der Waals surface area contributed by atoms with Gasteiger partial charge in [0.15, 0.2) is 0 Å². The Morgan fingerprint density at radius 2 is 1.84 bits per heavy atom. The highest BCUT2D eigenvalue weighted by Crippen LogP contribution is 2.30. The standard InChI is InChI=1S/C24H37N5O2/c1-16-13-21(20-7-8-23(30)27-24(20)31)26-14-22(16)29-11-9-17(10-12-29)15-28(2)19-5-3-18(25)4-6-19/h13-14,17-20H,3-12,15,25H2,1-2H3,(H,27,30,31). The molecule has 1 aliphatic carbocycles. The van der Waals surface area contributed by atoms with E-state index >= 15 is 0 Å². The Morgan fingerprint density at radius 3 is 2.48 bits per heavy atom. The van der Waals surface area contributed by atoms with Gasteiger partial charge < -0.3 is 15.5 Å². The third-order valence-corrected chi connectivity index (χ3v) is 7.57. The monoisotopic (exact) mass is 427 g/mol. The molecule has 1 aromatic heterocycles. The number of nitrogens with one attached hydrogen (secondary N) is 1. The maximum Gasteiger partial charge on any atom is 0.235 e. The first kappa shape index (κ1) is 22.2. The van der Waals surface area contributed by atoms with E-state index in [9.17, 15) is 9.59 Å². The van der Waals surface area contributed by atoms with Gasteiger partial charge in [-0.2, -0.15) is 0 Å². The van der Waals surface area contributed by atoms with Gasteiger partial charge in [-0.25, -0.2) is 0 Å². The molecule has 1 aromatic rings. The van der Waals surface area contributed by atoms with Crippen molar-refractivity contribution >= 4 is 17.5 Å². The third kappa shape index (κ3) is 5.26. The normalized spacial score (nSPS) is 28.1. The summed E-state index contributed by atoms with van der Waals surface area (Å²) in [6.07, 6.45) is 10.0. The van der Waals surface area contributed by atoms with E-state index in [1.165, 1.54) is 37.9 Å². The number of rotatable bonds is 5. The second-order valence-corrected chi connectivity index (χ2v) is 9.84. The Bertz CT molecular complexity index is 797. The van der Waals surface area contributed by atoms with E-state index in [0.717, 1.165) is 43.1 Å². The maximum atomic E-state index is 12.2. The summed E-state index contributed by atoms with van der Waals surface area (Å²) in [5, 5.41) is 2.43. The fourth-order valence-corrected chi connectivity index (χ4v) is 5.52. The van der Waals surface area contributed by atoms with Crippen molar-refractivity contribution < 1.29 is 9.59 Å². The predicted molar refractivity (Wildman–Crippen MR) is 122 cm³/mol. The maximum absolute atomic E-state index is 12.2. The molecule has 0 radical (unpaired) electrons. The van der Waals surface area contributed by atoms with Gasteiger partial charge in [-0.15, -0.1) is 0 Å². The van der Waals surface area contributed by atoms with E-state index in [4.69, 9.17) is 5.73 Å². The first-order chi connectivity index (χ1) is 14.9. The number of piperidine rings is 2. The number of amides is 2. The largest absolute Gasteiger partial charge is 0.370 e. The SMILES string of the molecule is Cc1cc(C2CCC(=O)NC2=O)ncc1N1CCC(CN(C)C2CCC(N)CC2)CC1. The zero-order valence-electron chi connectivity index (χ0n) is 19.0. The van der Waals surface area contributed by atoms with Crippen molar-refractivity contribution in [1.82, 2.24) is 15.2 Å². The van der Waals surface area contributed by atoms with Crippen LogP contribution in [0, 0.1) is 12.8 Å². The zero-order valence-corrected chi connectivity index (χ0v) is 19.0. The molecule has 1 atom stereocenters. The second kappa shape index (κ2) is 9.65. The van der Waals surface area contributed by atoms with E-state index in [1.807, 2.05) is 12.3 Å². The Morgan fingerprint density at radius 1 is 1.13 bits per heavy atom. The Kier molecular flexibility index (Phi) is 6.92. The van der Waals surface area contributed by atoms with Crippen molar-refractivity contribution in [3.8, 4) is 0 Å². The van der Waals surface area contributed by atoms with Gasteiger partial charge in [-0.3, -0.25) is 19.9 Å². The molecule has 4 rings (SSSR count). The first-order valence-corrected chi connectivity index (χ1v) is 11.9. The first-order valence-electron chi connectivity index (χ1n) is 11.9. The summed E-state index contributed by atoms with van der Waals surface area (Å²) in [5.74, 6) is 0.0184. The van der Waals surface area contributed by atoms with E-state index in [0.29, 0.717) is 24.9 Å². The van der Waals surface area contributed by atoms with Gasteiger partial charge in [-0.1, -0.05) is 0 Å². The van der Waals surface area contributed by atoms with Crippen molar-refractivity contribution in [2.45, 2.75) is 76.3 Å². The number of carbonyl (C=O) groups is 2. The van der Waals surface area contributed by atoms with Crippen molar-refractivity contribution in [3.05, 3.63) is 23.5 Å². The number of aryl methyl sites for hydroxylation is 1. The van der Waals surface area contributed by atoms with Crippen LogP contribution in [0.4, 0.5) is 5.69 Å². The molecule has 0 aromatic carbocycles. The molecule has 1 saturated carbocycles. The molecule has 31 heavy (non-hydrogen) atoms. The van der Waals surface area contributed by atoms with Crippen molar-refractivity contribution in [2.75, 3.05) is 31.6 Å². The lowest BCUT2D eigenvalue weighted by molar-refractivity contribution is -0.134. The number of imide groups is 1. The highest BCUT2D eigenvalue weighted by atomic mass is 16.2. The highest BCUT2D eigenvalue weighted by molar-refractivity contribution is 6.00. The molecule has 2 aliphatic heterocycles. The van der Waals surface area contributed by atoms with Gasteiger partial charge in [-0.05, 0) is 76.5 Å². The van der Waals surface area contributed by atoms with Crippen LogP contribution < -0.4 is 16.0 Å². The van der Waals surface area contributed by atoms with Crippen LogP contribution in [0.15, 0.2) is 12.3 Å². The van der Waals surface area contributed by atoms with E-state index in [-0.39, 0.29) is 17.7 Å². The average Bonchev–Trinajstić information content (AvgIpc) is 2.75. The van der Waals surface area contributed by atoms with Gasteiger partial charge in [0.2, 0.25) is 11.8 Å². The summed E-state index contributed by atoms with van der Waals surface area (Å²) >= 11 is 0. The number of hydrogen-bond acceptors (Lipinski definition) is 6. The van der Waals surface area contributed by atoms with Gasteiger partial charge in [0, 0.05) is 38.1 Å². The van der Waals surface area contributed by atoms with Crippen LogP contribution in [0.25, 0.3) is 0 Å². The minimum Gasteiger partial charge on any atom is -0.370 e. The molecule has 3 fully saturated rings. The molecular weight excluding hydrogens is 390 g/mol. The molecule has 1 unspecified atom stereocenters. The van der Waals surface area contributed by atoms with E-state index < -0.39 is 0 Å². The molecular formula is C24H37N5O2. The lowest BCUT2D eigenvalue weighted by Crippen LogP contribution is -2.43. The van der Waals surface area contributed by atoms with Crippen LogP contribution in [0.5, 0.6) is 0 Å². The predicted octanol–water partition coefficient (Wildman–Crippen LogP) is 2.33. The minimum atomic E-state index is -0.318. The van der Waals surface area contributed by atoms with Gasteiger partial charge in [0.05, 0.1) is 23.5 Å². The molecule has 2 amide bonds. The number of aromatic nitrogens is 1. The molecule has 7 nitrogen and oxygen atoms in total. The van der Waals surface area contributed by atoms with E-state index in [2.05, 4.69) is 34.1 Å². The molecule has 3 aliphatic rings. The Hall–Kier alpha value is -1.99. The number of nitrogens with zero attached hydrogens (tertiary/aromatic N) is 3. The van der Waals surface area contributed by atoms with Gasteiger partial charge >= 0.3 is 0 Å². The summed E-state index contributed by atoms with van der Waals surface area (Å²) in [6.45, 7) is 5.38. The van der Waals surface area contributed by atoms with Crippen LogP contribution in [-0.4, -0.2) is 60.5 Å². The molecule has 2 saturated heterocycles. The lowest BCUT2D eigenvalue weighted by Gasteiger charge is -2.39. The Balaban J connectivity index is 1.30. The molecule has 3 N–H and O–H groups in total. The summed E-state index contributed by atoms with van der Waals surface area (Å²) < 4.78 is 0. The van der Waals surface area contributed by atoms with Crippen LogP contribution in [-0.2, 0) is 9.59 Å². The topological polar surface area (TPSA) is 91.6 Å². The van der Waals surface area contributed by atoms with Crippen LogP contribution >= 0.6 is 0 Å². The number of anilines is 1. The quantitative estimate of drug-likeness (QED) is 0.701. The van der Waals surface area contributed by atoms with Crippen LogP contribution in [0.3, 0.4) is 0 Å². The molecule has 7 heteroatoms. The van der Waals surface area contributed by atoms with Crippen molar-refractivity contribution in [2.24, 2.45) is 11.7 Å².